The maximum atomic E-state index is 12.3. The average molecular weight is 283 g/mol. The van der Waals surface area contributed by atoms with E-state index < -0.39 is 30.1 Å². The van der Waals surface area contributed by atoms with E-state index in [1.54, 1.807) is 0 Å². The van der Waals surface area contributed by atoms with Gasteiger partial charge in [-0.3, -0.25) is 4.79 Å². The van der Waals surface area contributed by atoms with Gasteiger partial charge in [0.05, 0.1) is 12.9 Å². The van der Waals surface area contributed by atoms with Gasteiger partial charge >= 0.3 is 0 Å². The molecule has 10 heteroatoms. The summed E-state index contributed by atoms with van der Waals surface area (Å²) in [5, 5.41) is 29.0. The van der Waals surface area contributed by atoms with Gasteiger partial charge in [0, 0.05) is 0 Å². The first-order chi connectivity index (χ1) is 9.50. The predicted molar refractivity (Wildman–Crippen MR) is 65.6 cm³/mol. The molecule has 1 aliphatic rings. The van der Waals surface area contributed by atoms with Crippen molar-refractivity contribution in [1.82, 2.24) is 19.5 Å². The van der Waals surface area contributed by atoms with Crippen LogP contribution < -0.4 is 11.3 Å². The van der Waals surface area contributed by atoms with E-state index >= 15 is 0 Å². The Morgan fingerprint density at radius 1 is 1.40 bits per heavy atom. The minimum atomic E-state index is -1.52. The summed E-state index contributed by atoms with van der Waals surface area (Å²) in [5.41, 5.74) is 5.33. The number of nitrogens with zero attached hydrogens (tertiary/aromatic N) is 3. The number of nitrogen functional groups attached to an aromatic ring is 1. The lowest BCUT2D eigenvalue weighted by Gasteiger charge is -2.36. The Kier molecular flexibility index (Phi) is 2.94. The fraction of sp³-hybridized carbons (Fsp3) is 0.500. The Labute approximate surface area is 111 Å². The second-order valence-electron chi connectivity index (χ2n) is 4.52. The normalized spacial score (nSPS) is 30.8. The number of rotatable bonds is 1. The Balaban J connectivity index is 2.12. The van der Waals surface area contributed by atoms with Gasteiger partial charge in [-0.15, -0.1) is 0 Å². The highest BCUT2D eigenvalue weighted by atomic mass is 16.5. The summed E-state index contributed by atoms with van der Waals surface area (Å²) in [6.07, 6.45) is -4.15. The number of nitrogens with one attached hydrogen (secondary N) is 1. The number of nitrogens with two attached hydrogens (primary N) is 1. The van der Waals surface area contributed by atoms with Gasteiger partial charge < -0.3 is 30.8 Å². The van der Waals surface area contributed by atoms with Crippen LogP contribution in [-0.4, -0.2) is 59.8 Å². The third-order valence-corrected chi connectivity index (χ3v) is 3.24. The van der Waals surface area contributed by atoms with Crippen LogP contribution in [0.15, 0.2) is 11.1 Å². The van der Waals surface area contributed by atoms with Crippen LogP contribution in [0.4, 0.5) is 5.95 Å². The molecule has 0 saturated carbocycles. The third kappa shape index (κ3) is 1.78. The van der Waals surface area contributed by atoms with E-state index in [4.69, 9.17) is 10.5 Å². The highest BCUT2D eigenvalue weighted by Gasteiger charge is 2.40. The van der Waals surface area contributed by atoms with Crippen LogP contribution in [0.25, 0.3) is 11.2 Å². The van der Waals surface area contributed by atoms with Gasteiger partial charge in [0.2, 0.25) is 5.95 Å². The monoisotopic (exact) mass is 283 g/mol. The molecular formula is C10H13N5O5. The molecule has 0 radical (unpaired) electrons. The van der Waals surface area contributed by atoms with Gasteiger partial charge in [-0.1, -0.05) is 0 Å². The molecule has 3 heterocycles. The molecule has 108 valence electrons. The molecule has 1 saturated heterocycles. The standard InChI is InChI=1S/C10H13N5O5/c11-10-14-7-4(12-2-13-7)8(19)15(10)9-6(18)5(17)3(16)1-20-9/h2-3,5-6,9,16-18H,1H2,(H2,11,14)(H,12,13)/t3-,5-,6-,9?/m1/s1. The number of anilines is 1. The summed E-state index contributed by atoms with van der Waals surface area (Å²) in [6.45, 7) is -0.243. The Hall–Kier alpha value is -2.01. The van der Waals surface area contributed by atoms with Crippen molar-refractivity contribution in [3.05, 3.63) is 16.7 Å². The van der Waals surface area contributed by atoms with Crippen LogP contribution >= 0.6 is 0 Å². The molecular weight excluding hydrogens is 270 g/mol. The van der Waals surface area contributed by atoms with Gasteiger partial charge in [0.15, 0.2) is 17.4 Å². The fourth-order valence-electron chi connectivity index (χ4n) is 2.18. The Bertz CT molecular complexity index is 697. The number of H-pyrrole nitrogens is 1. The van der Waals surface area contributed by atoms with Crippen molar-refractivity contribution >= 4 is 17.1 Å². The molecule has 1 unspecified atom stereocenters. The number of aromatic nitrogens is 4. The summed E-state index contributed by atoms with van der Waals surface area (Å²) in [6, 6.07) is 0. The molecule has 0 spiro atoms. The number of aliphatic hydroxyl groups is 3. The van der Waals surface area contributed by atoms with Crippen molar-refractivity contribution in [2.45, 2.75) is 24.5 Å². The highest BCUT2D eigenvalue weighted by Crippen LogP contribution is 2.24. The van der Waals surface area contributed by atoms with Gasteiger partial charge in [-0.05, 0) is 0 Å². The second-order valence-corrected chi connectivity index (χ2v) is 4.52. The minimum Gasteiger partial charge on any atom is -0.388 e. The van der Waals surface area contributed by atoms with E-state index in [0.717, 1.165) is 4.57 Å². The van der Waals surface area contributed by atoms with Crippen molar-refractivity contribution in [3.8, 4) is 0 Å². The molecule has 0 amide bonds. The summed E-state index contributed by atoms with van der Waals surface area (Å²) >= 11 is 0. The lowest BCUT2D eigenvalue weighted by Crippen LogP contribution is -2.52. The SMILES string of the molecule is Nc1nc2[nH]cnc2c(=O)n1C1OC[C@@H](O)[C@@H](O)[C@H]1O. The topological polar surface area (TPSA) is 160 Å². The molecule has 0 aromatic carbocycles. The first kappa shape index (κ1) is 13.0. The number of fused-ring (bicyclic) bond motifs is 1. The summed E-state index contributed by atoms with van der Waals surface area (Å²) < 4.78 is 6.10. The van der Waals surface area contributed by atoms with E-state index in [1.165, 1.54) is 6.33 Å². The van der Waals surface area contributed by atoms with E-state index in [0.29, 0.717) is 0 Å². The zero-order chi connectivity index (χ0) is 14.4. The molecule has 0 aliphatic carbocycles. The molecule has 4 atom stereocenters. The fourth-order valence-corrected chi connectivity index (χ4v) is 2.18. The highest BCUT2D eigenvalue weighted by molar-refractivity contribution is 5.69. The molecule has 0 bridgehead atoms. The van der Waals surface area contributed by atoms with Crippen LogP contribution in [0, 0.1) is 0 Å². The molecule has 1 aliphatic heterocycles. The largest absolute Gasteiger partial charge is 0.388 e. The van der Waals surface area contributed by atoms with Gasteiger partial charge in [0.1, 0.15) is 18.3 Å². The smallest absolute Gasteiger partial charge is 0.285 e. The zero-order valence-electron chi connectivity index (χ0n) is 10.2. The molecule has 2 aromatic rings. The molecule has 1 fully saturated rings. The van der Waals surface area contributed by atoms with Crippen LogP contribution in [-0.2, 0) is 4.74 Å². The van der Waals surface area contributed by atoms with Crippen molar-refractivity contribution in [1.29, 1.82) is 0 Å². The van der Waals surface area contributed by atoms with Gasteiger partial charge in [-0.25, -0.2) is 9.55 Å². The van der Waals surface area contributed by atoms with Crippen molar-refractivity contribution < 1.29 is 20.1 Å². The van der Waals surface area contributed by atoms with E-state index in [2.05, 4.69) is 15.0 Å². The number of imidazole rings is 1. The summed E-state index contributed by atoms with van der Waals surface area (Å²) in [4.78, 5) is 22.7. The van der Waals surface area contributed by atoms with Crippen LogP contribution in [0.3, 0.4) is 0 Å². The van der Waals surface area contributed by atoms with Gasteiger partial charge in [0.25, 0.3) is 5.56 Å². The number of ether oxygens (including phenoxy) is 1. The minimum absolute atomic E-state index is 0.0376. The number of aromatic amines is 1. The lowest BCUT2D eigenvalue weighted by molar-refractivity contribution is -0.211. The molecule has 3 rings (SSSR count). The molecule has 2 aromatic heterocycles. The quantitative estimate of drug-likeness (QED) is 0.378. The number of hydrogen-bond donors (Lipinski definition) is 5. The predicted octanol–water partition coefficient (Wildman–Crippen LogP) is -2.69. The first-order valence-corrected chi connectivity index (χ1v) is 5.87. The van der Waals surface area contributed by atoms with Crippen LogP contribution in [0.2, 0.25) is 0 Å². The molecule has 10 nitrogen and oxygen atoms in total. The maximum Gasteiger partial charge on any atom is 0.285 e. The lowest BCUT2D eigenvalue weighted by atomic mass is 10.0. The average Bonchev–Trinajstić information content (AvgIpc) is 2.87. The number of hydrogen-bond acceptors (Lipinski definition) is 8. The van der Waals surface area contributed by atoms with E-state index in [9.17, 15) is 20.1 Å². The third-order valence-electron chi connectivity index (χ3n) is 3.24. The molecule has 20 heavy (non-hydrogen) atoms. The number of aliphatic hydroxyl groups excluding tert-OH is 3. The van der Waals surface area contributed by atoms with E-state index in [-0.39, 0.29) is 23.7 Å². The maximum absolute atomic E-state index is 12.3. The Morgan fingerprint density at radius 3 is 2.90 bits per heavy atom. The van der Waals surface area contributed by atoms with Crippen LogP contribution in [0.5, 0.6) is 0 Å². The molecule has 6 N–H and O–H groups in total. The van der Waals surface area contributed by atoms with E-state index in [1.807, 2.05) is 0 Å². The summed E-state index contributed by atoms with van der Waals surface area (Å²) in [7, 11) is 0. The van der Waals surface area contributed by atoms with Crippen molar-refractivity contribution in [2.24, 2.45) is 0 Å². The zero-order valence-corrected chi connectivity index (χ0v) is 10.2. The van der Waals surface area contributed by atoms with Gasteiger partial charge in [-0.2, -0.15) is 4.98 Å². The van der Waals surface area contributed by atoms with Crippen LogP contribution in [0.1, 0.15) is 6.23 Å². The summed E-state index contributed by atoms with van der Waals surface area (Å²) in [5.74, 6) is -0.195. The van der Waals surface area contributed by atoms with Crippen molar-refractivity contribution in [2.75, 3.05) is 12.3 Å². The second kappa shape index (κ2) is 4.52. The first-order valence-electron chi connectivity index (χ1n) is 5.87. The Morgan fingerprint density at radius 2 is 2.15 bits per heavy atom. The van der Waals surface area contributed by atoms with Crippen molar-refractivity contribution in [3.63, 3.8) is 0 Å².